The van der Waals surface area contributed by atoms with E-state index in [1.165, 1.54) is 33.4 Å². The molecule has 0 spiro atoms. The molecule has 0 aliphatic heterocycles. The molecule has 0 heterocycles. The summed E-state index contributed by atoms with van der Waals surface area (Å²) in [6.45, 7) is 9.30. The molecule has 10 aliphatic rings. The average molecular weight is 793 g/mol. The lowest BCUT2D eigenvalue weighted by molar-refractivity contribution is 0.344. The normalized spacial score (nSPS) is 34.3. The highest BCUT2D eigenvalue weighted by Crippen LogP contribution is 2.75. The minimum atomic E-state index is -1.63. The summed E-state index contributed by atoms with van der Waals surface area (Å²) in [4.78, 5) is 0. The first kappa shape index (κ1) is 30.5. The molecule has 8 aromatic carbocycles. The summed E-state index contributed by atoms with van der Waals surface area (Å²) >= 11 is 0. The van der Waals surface area contributed by atoms with Crippen LogP contribution >= 0.6 is 0 Å². The van der Waals surface area contributed by atoms with Gasteiger partial charge in [0.2, 0.25) is 0 Å². The van der Waals surface area contributed by atoms with Gasteiger partial charge in [-0.2, -0.15) is 0 Å². The third-order valence-corrected chi connectivity index (χ3v) is 25.3. The van der Waals surface area contributed by atoms with Crippen LogP contribution in [0.5, 0.6) is 0 Å². The van der Waals surface area contributed by atoms with Crippen LogP contribution in [0.3, 0.4) is 0 Å². The molecule has 10 aliphatic carbocycles. The number of allylic oxidation sites excluding steroid dienone is 7. The van der Waals surface area contributed by atoms with Crippen LogP contribution in [0, 0.1) is 29.6 Å². The van der Waals surface area contributed by atoms with Gasteiger partial charge >= 0.3 is 0 Å². The summed E-state index contributed by atoms with van der Waals surface area (Å²) in [5.74, 6) is 3.99. The molecule has 0 amide bonds. The highest BCUT2D eigenvalue weighted by atomic mass is 28.3. The van der Waals surface area contributed by atoms with Crippen LogP contribution in [-0.2, 0) is 10.8 Å². The van der Waals surface area contributed by atoms with Crippen LogP contribution < -0.4 is 20.8 Å². The van der Waals surface area contributed by atoms with E-state index < -0.39 is 17.6 Å². The Labute approximate surface area is 351 Å². The topological polar surface area (TPSA) is 0 Å². The van der Waals surface area contributed by atoms with E-state index in [0.717, 1.165) is 0 Å². The van der Waals surface area contributed by atoms with Crippen molar-refractivity contribution in [3.63, 3.8) is 0 Å². The molecule has 12 atom stereocenters. The first-order valence-corrected chi connectivity index (χ1v) is 27.1. The van der Waals surface area contributed by atoms with Crippen LogP contribution in [0.25, 0.3) is 71.1 Å². The van der Waals surface area contributed by atoms with E-state index in [0.29, 0.717) is 47.3 Å². The quantitative estimate of drug-likeness (QED) is 0.0818. The van der Waals surface area contributed by atoms with Crippen molar-refractivity contribution in [1.29, 1.82) is 0 Å². The van der Waals surface area contributed by atoms with E-state index in [9.17, 15) is 0 Å². The fourth-order valence-electron chi connectivity index (χ4n) is 17.9. The Morgan fingerprint density at radius 1 is 0.533 bits per heavy atom. The van der Waals surface area contributed by atoms with Crippen molar-refractivity contribution in [2.45, 2.75) is 40.7 Å². The second-order valence-corrected chi connectivity index (χ2v) is 26.4. The van der Waals surface area contributed by atoms with Crippen molar-refractivity contribution >= 4 is 99.1 Å². The Balaban J connectivity index is 1.10. The van der Waals surface area contributed by atoms with Crippen molar-refractivity contribution in [1.82, 2.24) is 0 Å². The first-order chi connectivity index (χ1) is 29.7. The summed E-state index contributed by atoms with van der Waals surface area (Å²) in [5, 5.41) is 23.1. The van der Waals surface area contributed by atoms with Gasteiger partial charge in [-0.1, -0.05) is 132 Å². The maximum absolute atomic E-state index is 4.65. The number of hydrogen-bond acceptors (Lipinski definition) is 0. The smallest absolute Gasteiger partial charge is 0.0946 e. The van der Waals surface area contributed by atoms with Crippen LogP contribution in [-0.4, -0.2) is 17.6 Å². The molecule has 2 heteroatoms. The van der Waals surface area contributed by atoms with Crippen molar-refractivity contribution in [3.8, 4) is 0 Å². The molecule has 0 saturated heterocycles. The minimum absolute atomic E-state index is 0.0854. The lowest BCUT2D eigenvalue weighted by atomic mass is 9.60. The zero-order chi connectivity index (χ0) is 38.4. The molecule has 8 aromatic rings. The molecule has 0 N–H and O–H groups in total. The summed E-state index contributed by atoms with van der Waals surface area (Å²) in [7, 11) is -3.24. The predicted octanol–water partition coefficient (Wildman–Crippen LogP) is 9.41. The van der Waals surface area contributed by atoms with Gasteiger partial charge in [-0.25, -0.2) is 0 Å². The maximum Gasteiger partial charge on any atom is 0.0946 e. The third kappa shape index (κ3) is 2.68. The van der Waals surface area contributed by atoms with Crippen molar-refractivity contribution in [2.75, 3.05) is 0 Å². The van der Waals surface area contributed by atoms with Gasteiger partial charge in [0.1, 0.15) is 0 Å². The molecular formula is C58H40Si2. The molecular weight excluding hydrogens is 753 g/mol. The fraction of sp³-hybridized carbons (Fsp3) is 0.207. The van der Waals surface area contributed by atoms with Gasteiger partial charge in [0.25, 0.3) is 0 Å². The van der Waals surface area contributed by atoms with E-state index in [-0.39, 0.29) is 10.8 Å². The molecule has 0 radical (unpaired) electrons. The van der Waals surface area contributed by atoms with Gasteiger partial charge in [0.15, 0.2) is 0 Å². The number of fused-ring (bicyclic) bond motifs is 5. The number of benzene rings is 6. The Morgan fingerprint density at radius 3 is 1.98 bits per heavy atom. The van der Waals surface area contributed by atoms with E-state index in [2.05, 4.69) is 146 Å². The fourth-order valence-corrected chi connectivity index (χ4v) is 23.4. The molecule has 18 rings (SSSR count). The molecule has 1 saturated carbocycles. The molecule has 0 nitrogen and oxygen atoms in total. The SMILES string of the molecule is C=C[SiH](CC12C=CC3(C[SiH](C=C)c4ccccc4)c4c1c1c5c6c7c8c9c(ccc%10c%11c%12c(c4c5c7c%12c%109)C3C=C%11)C3C=CC4C5C=CC2C=1C5C=6C4C83)c1ccccc1. The van der Waals surface area contributed by atoms with Gasteiger partial charge in [0.05, 0.1) is 17.6 Å². The number of rotatable bonds is 8. The van der Waals surface area contributed by atoms with Crippen LogP contribution in [0.15, 0.2) is 140 Å². The minimum Gasteiger partial charge on any atom is -0.107 e. The van der Waals surface area contributed by atoms with Crippen molar-refractivity contribution in [3.05, 3.63) is 184 Å². The first-order valence-electron chi connectivity index (χ1n) is 22.9. The molecule has 0 bridgehead atoms. The standard InChI is InChI=1S/C58H40Si2/c1-3-59(27-11-7-5-8-12-27)25-57-23-24-58(26-60(4-2)28-13-9-6-10-14-28)36-22-20-34-32-18-16-30-29-15-17-31-33-19-21-35(57)43-41(33)46-39(31)37(29)45-38(30)40(32)47-42(34)44(36)54-52-50(47)48(45)49(46)51(52)53(43)55(57)56(54)58/h3-24,29,31,33,35-37,39,41,59-60H,1-2,25-26H2. The van der Waals surface area contributed by atoms with Crippen LogP contribution in [0.4, 0.5) is 0 Å². The average Bonchev–Trinajstić information content (AvgIpc) is 4.12. The zero-order valence-corrected chi connectivity index (χ0v) is 35.6. The molecule has 280 valence electrons. The maximum atomic E-state index is 4.65. The van der Waals surface area contributed by atoms with Gasteiger partial charge in [-0.3, -0.25) is 0 Å². The molecule has 12 unspecified atom stereocenters. The second kappa shape index (κ2) is 9.20. The van der Waals surface area contributed by atoms with Gasteiger partial charge in [0, 0.05) is 40.4 Å². The Bertz CT molecular complexity index is 3770. The largest absolute Gasteiger partial charge is 0.107 e. The van der Waals surface area contributed by atoms with E-state index in [1.807, 2.05) is 11.1 Å². The monoisotopic (exact) mass is 792 g/mol. The lowest BCUT2D eigenvalue weighted by Gasteiger charge is -2.47. The highest BCUT2D eigenvalue weighted by Gasteiger charge is 2.66. The van der Waals surface area contributed by atoms with Crippen LogP contribution in [0.2, 0.25) is 12.1 Å². The third-order valence-electron chi connectivity index (χ3n) is 19.5. The lowest BCUT2D eigenvalue weighted by Crippen LogP contribution is -2.47. The van der Waals surface area contributed by atoms with Gasteiger partial charge < -0.3 is 0 Å². The highest BCUT2D eigenvalue weighted by molar-refractivity contribution is 6.78. The van der Waals surface area contributed by atoms with E-state index in [4.69, 9.17) is 0 Å². The Morgan fingerprint density at radius 2 is 1.23 bits per heavy atom. The molecule has 0 aromatic heterocycles. The number of hydrogen-bond donors (Lipinski definition) is 0. The van der Waals surface area contributed by atoms with Crippen molar-refractivity contribution < 1.29 is 0 Å². The van der Waals surface area contributed by atoms with Crippen molar-refractivity contribution in [2.24, 2.45) is 29.6 Å². The second-order valence-electron chi connectivity index (χ2n) is 20.9. The van der Waals surface area contributed by atoms with E-state index in [1.54, 1.807) is 86.7 Å². The summed E-state index contributed by atoms with van der Waals surface area (Å²) in [6.07, 6.45) is 22.2. The predicted molar refractivity (Wildman–Crippen MR) is 256 cm³/mol. The van der Waals surface area contributed by atoms with Gasteiger partial charge in [-0.15, -0.1) is 24.6 Å². The molecule has 60 heavy (non-hydrogen) atoms. The zero-order valence-electron chi connectivity index (χ0n) is 33.3. The Hall–Kier alpha value is -5.55. The summed E-state index contributed by atoms with van der Waals surface area (Å²) in [6, 6.07) is 30.6. The Kier molecular flexibility index (Phi) is 4.67. The van der Waals surface area contributed by atoms with Gasteiger partial charge in [-0.05, 0) is 139 Å². The summed E-state index contributed by atoms with van der Waals surface area (Å²) in [5.41, 5.74) is 18.5. The molecule has 1 fully saturated rings. The van der Waals surface area contributed by atoms with Crippen LogP contribution in [0.1, 0.15) is 51.1 Å². The summed E-state index contributed by atoms with van der Waals surface area (Å²) < 4.78 is 0. The van der Waals surface area contributed by atoms with E-state index >= 15 is 0 Å².